The van der Waals surface area contributed by atoms with E-state index in [1.54, 1.807) is 6.07 Å². The number of nitrogens with two attached hydrogens (primary N) is 1. The zero-order chi connectivity index (χ0) is 14.7. The molecule has 0 aliphatic rings. The van der Waals surface area contributed by atoms with Gasteiger partial charge in [0.1, 0.15) is 10.7 Å². The zero-order valence-corrected chi connectivity index (χ0v) is 10.9. The average molecular weight is 293 g/mol. The van der Waals surface area contributed by atoms with Crippen LogP contribution >= 0.6 is 12.2 Å². The maximum Gasteiger partial charge on any atom is 0.274 e. The van der Waals surface area contributed by atoms with Crippen molar-refractivity contribution in [3.05, 3.63) is 59.4 Å². The fourth-order valence-corrected chi connectivity index (χ4v) is 1.56. The minimum Gasteiger partial charge on any atom is -0.389 e. The molecule has 0 saturated carbocycles. The van der Waals surface area contributed by atoms with E-state index in [1.165, 1.54) is 18.3 Å². The Hall–Kier alpha value is -2.41. The number of rotatable bonds is 3. The second kappa shape index (κ2) is 5.70. The molecule has 0 radical (unpaired) electrons. The van der Waals surface area contributed by atoms with Crippen LogP contribution in [0.2, 0.25) is 0 Å². The Morgan fingerprint density at radius 3 is 2.50 bits per heavy atom. The Balaban J connectivity index is 2.15. The molecule has 0 unspecified atom stereocenters. The summed E-state index contributed by atoms with van der Waals surface area (Å²) in [5.74, 6) is -2.58. The van der Waals surface area contributed by atoms with Crippen molar-refractivity contribution in [2.45, 2.75) is 0 Å². The number of thiocarbonyl (C=S) groups is 1. The van der Waals surface area contributed by atoms with Gasteiger partial charge in [-0.25, -0.2) is 8.78 Å². The predicted octanol–water partition coefficient (Wildman–Crippen LogP) is 2.25. The van der Waals surface area contributed by atoms with Crippen LogP contribution in [-0.4, -0.2) is 15.9 Å². The summed E-state index contributed by atoms with van der Waals surface area (Å²) in [6.45, 7) is 0. The molecule has 20 heavy (non-hydrogen) atoms. The van der Waals surface area contributed by atoms with Crippen molar-refractivity contribution in [2.75, 3.05) is 5.32 Å². The van der Waals surface area contributed by atoms with E-state index in [-0.39, 0.29) is 16.4 Å². The van der Waals surface area contributed by atoms with Crippen molar-refractivity contribution in [2.24, 2.45) is 5.73 Å². The van der Waals surface area contributed by atoms with Crippen molar-refractivity contribution in [1.29, 1.82) is 0 Å². The van der Waals surface area contributed by atoms with Gasteiger partial charge >= 0.3 is 0 Å². The predicted molar refractivity (Wildman–Crippen MR) is 74.4 cm³/mol. The van der Waals surface area contributed by atoms with Crippen molar-refractivity contribution >= 4 is 28.8 Å². The number of carbonyl (C=O) groups excluding carboxylic acids is 1. The average Bonchev–Trinajstić information content (AvgIpc) is 2.43. The second-order valence-corrected chi connectivity index (χ2v) is 4.32. The molecule has 3 N–H and O–H groups in total. The number of anilines is 1. The third kappa shape index (κ3) is 3.12. The summed E-state index contributed by atoms with van der Waals surface area (Å²) >= 11 is 4.76. The highest BCUT2D eigenvalue weighted by molar-refractivity contribution is 7.80. The molecule has 2 aromatic rings. The number of aromatic nitrogens is 1. The van der Waals surface area contributed by atoms with Gasteiger partial charge in [-0.1, -0.05) is 12.2 Å². The summed E-state index contributed by atoms with van der Waals surface area (Å²) < 4.78 is 25.8. The van der Waals surface area contributed by atoms with Gasteiger partial charge in [0.25, 0.3) is 5.91 Å². The van der Waals surface area contributed by atoms with E-state index in [0.29, 0.717) is 5.56 Å². The Morgan fingerprint density at radius 2 is 1.95 bits per heavy atom. The smallest absolute Gasteiger partial charge is 0.274 e. The molecular weight excluding hydrogens is 284 g/mol. The van der Waals surface area contributed by atoms with Gasteiger partial charge in [-0.2, -0.15) is 0 Å². The minimum absolute atomic E-state index is 0.106. The molecular formula is C13H9F2N3OS. The molecule has 1 heterocycles. The second-order valence-electron chi connectivity index (χ2n) is 3.88. The standard InChI is InChI=1S/C13H9F2N3OS/c14-9-3-2-8(5-10(9)15)18-13(19)11-4-1-7(6-17-11)12(16)20/h1-6H,(H2,16,20)(H,18,19). The molecule has 1 aromatic heterocycles. The monoisotopic (exact) mass is 293 g/mol. The maximum absolute atomic E-state index is 13.0. The maximum atomic E-state index is 13.0. The third-order valence-electron chi connectivity index (χ3n) is 2.46. The number of halogens is 2. The van der Waals surface area contributed by atoms with Crippen molar-refractivity contribution in [3.8, 4) is 0 Å². The summed E-state index contributed by atoms with van der Waals surface area (Å²) in [5.41, 5.74) is 6.18. The molecule has 0 fully saturated rings. The Kier molecular flexibility index (Phi) is 3.99. The Morgan fingerprint density at radius 1 is 1.20 bits per heavy atom. The molecule has 0 atom stereocenters. The lowest BCUT2D eigenvalue weighted by molar-refractivity contribution is 0.102. The summed E-state index contributed by atoms with van der Waals surface area (Å²) in [7, 11) is 0. The van der Waals surface area contributed by atoms with E-state index in [0.717, 1.165) is 12.1 Å². The first-order valence-electron chi connectivity index (χ1n) is 5.49. The van der Waals surface area contributed by atoms with E-state index in [1.807, 2.05) is 0 Å². The number of benzene rings is 1. The summed E-state index contributed by atoms with van der Waals surface area (Å²) in [5, 5.41) is 2.40. The number of nitrogens with one attached hydrogen (secondary N) is 1. The minimum atomic E-state index is -1.04. The number of amides is 1. The Labute approximate surface area is 118 Å². The molecule has 102 valence electrons. The number of pyridine rings is 1. The quantitative estimate of drug-likeness (QED) is 0.852. The van der Waals surface area contributed by atoms with Crippen LogP contribution in [0.5, 0.6) is 0 Å². The van der Waals surface area contributed by atoms with Gasteiger partial charge in [-0.15, -0.1) is 0 Å². The highest BCUT2D eigenvalue weighted by atomic mass is 32.1. The van der Waals surface area contributed by atoms with Crippen LogP contribution in [0.1, 0.15) is 16.1 Å². The first-order valence-corrected chi connectivity index (χ1v) is 5.90. The molecule has 4 nitrogen and oxygen atoms in total. The van der Waals surface area contributed by atoms with E-state index >= 15 is 0 Å². The van der Waals surface area contributed by atoms with Crippen LogP contribution in [0.3, 0.4) is 0 Å². The molecule has 2 rings (SSSR count). The fraction of sp³-hybridized carbons (Fsp3) is 0. The van der Waals surface area contributed by atoms with E-state index in [9.17, 15) is 13.6 Å². The van der Waals surface area contributed by atoms with Crippen LogP contribution in [0, 0.1) is 11.6 Å². The van der Waals surface area contributed by atoms with Gasteiger partial charge in [0, 0.05) is 23.5 Å². The molecule has 0 saturated heterocycles. The molecule has 0 aliphatic heterocycles. The van der Waals surface area contributed by atoms with Crippen LogP contribution < -0.4 is 11.1 Å². The lowest BCUT2D eigenvalue weighted by atomic mass is 10.2. The lowest BCUT2D eigenvalue weighted by Gasteiger charge is -2.05. The van der Waals surface area contributed by atoms with Crippen LogP contribution in [-0.2, 0) is 0 Å². The SMILES string of the molecule is NC(=S)c1ccc(C(=O)Nc2ccc(F)c(F)c2)nc1. The highest BCUT2D eigenvalue weighted by Crippen LogP contribution is 2.14. The van der Waals surface area contributed by atoms with Gasteiger partial charge in [0.15, 0.2) is 11.6 Å². The van der Waals surface area contributed by atoms with Crippen LogP contribution in [0.15, 0.2) is 36.5 Å². The van der Waals surface area contributed by atoms with E-state index in [4.69, 9.17) is 18.0 Å². The molecule has 0 spiro atoms. The summed E-state index contributed by atoms with van der Waals surface area (Å²) in [6.07, 6.45) is 1.36. The highest BCUT2D eigenvalue weighted by Gasteiger charge is 2.10. The van der Waals surface area contributed by atoms with Gasteiger partial charge < -0.3 is 11.1 Å². The topological polar surface area (TPSA) is 68.0 Å². The zero-order valence-electron chi connectivity index (χ0n) is 10.1. The van der Waals surface area contributed by atoms with Gasteiger partial charge in [-0.05, 0) is 24.3 Å². The van der Waals surface area contributed by atoms with Crippen molar-refractivity contribution in [1.82, 2.24) is 4.98 Å². The van der Waals surface area contributed by atoms with Crippen molar-refractivity contribution in [3.63, 3.8) is 0 Å². The molecule has 0 bridgehead atoms. The normalized spacial score (nSPS) is 10.1. The summed E-state index contributed by atoms with van der Waals surface area (Å²) in [6, 6.07) is 6.05. The first-order chi connectivity index (χ1) is 9.47. The summed E-state index contributed by atoms with van der Waals surface area (Å²) in [4.78, 5) is 15.9. The number of carbonyl (C=O) groups is 1. The molecule has 7 heteroatoms. The van der Waals surface area contributed by atoms with Crippen LogP contribution in [0.25, 0.3) is 0 Å². The number of nitrogens with zero attached hydrogens (tertiary/aromatic N) is 1. The van der Waals surface area contributed by atoms with Gasteiger partial charge in [0.2, 0.25) is 0 Å². The third-order valence-corrected chi connectivity index (χ3v) is 2.69. The van der Waals surface area contributed by atoms with Crippen LogP contribution in [0.4, 0.5) is 14.5 Å². The first kappa shape index (κ1) is 14.0. The molecule has 0 aliphatic carbocycles. The molecule has 1 amide bonds. The Bertz CT molecular complexity index is 674. The number of hydrogen-bond acceptors (Lipinski definition) is 3. The fourth-order valence-electron chi connectivity index (χ4n) is 1.44. The van der Waals surface area contributed by atoms with E-state index in [2.05, 4.69) is 10.3 Å². The van der Waals surface area contributed by atoms with Crippen molar-refractivity contribution < 1.29 is 13.6 Å². The van der Waals surface area contributed by atoms with Gasteiger partial charge in [-0.3, -0.25) is 9.78 Å². The lowest BCUT2D eigenvalue weighted by Crippen LogP contribution is -2.15. The van der Waals surface area contributed by atoms with Gasteiger partial charge in [0.05, 0.1) is 0 Å². The largest absolute Gasteiger partial charge is 0.389 e. The molecule has 1 aromatic carbocycles. The number of hydrogen-bond donors (Lipinski definition) is 2. The van der Waals surface area contributed by atoms with E-state index < -0.39 is 17.5 Å².